The molecule has 6 nitrogen and oxygen atoms in total. The van der Waals surface area contributed by atoms with Crippen molar-refractivity contribution in [1.82, 2.24) is 19.7 Å². The second-order valence-electron chi connectivity index (χ2n) is 9.45. The topological polar surface area (TPSA) is 54.3 Å². The van der Waals surface area contributed by atoms with E-state index in [-0.39, 0.29) is 5.91 Å². The lowest BCUT2D eigenvalue weighted by atomic mass is 10.1. The zero-order valence-corrected chi connectivity index (χ0v) is 22.3. The smallest absolute Gasteiger partial charge is 0.222 e. The summed E-state index contributed by atoms with van der Waals surface area (Å²) in [4.78, 5) is 17.3. The maximum Gasteiger partial charge on any atom is 0.222 e. The van der Waals surface area contributed by atoms with E-state index < -0.39 is 0 Å². The molecule has 190 valence electrons. The van der Waals surface area contributed by atoms with Gasteiger partial charge in [-0.25, -0.2) is 0 Å². The van der Waals surface area contributed by atoms with E-state index in [1.165, 1.54) is 16.8 Å². The molecule has 1 fully saturated rings. The number of aryl methyl sites for hydroxylation is 2. The minimum Gasteiger partial charge on any atom is -0.368 e. The molecule has 0 N–H and O–H groups in total. The quantitative estimate of drug-likeness (QED) is 0.222. The maximum atomic E-state index is 12.9. The van der Waals surface area contributed by atoms with Gasteiger partial charge in [-0.1, -0.05) is 78.0 Å². The average molecular weight is 512 g/mol. The highest BCUT2D eigenvalue weighted by molar-refractivity contribution is 7.99. The van der Waals surface area contributed by atoms with Gasteiger partial charge in [0.1, 0.15) is 0 Å². The van der Waals surface area contributed by atoms with E-state index in [0.29, 0.717) is 6.42 Å². The molecule has 0 saturated carbocycles. The fraction of sp³-hybridized carbons (Fsp3) is 0.300. The standard InChI is InChI=1S/C30H33N5OS/c1-23-14-16-25(17-15-23)29-31-32-30(35(29)26-10-4-3-5-11-26)37-22-8-13-28(36)34-20-18-33(19-21-34)27-12-7-6-9-24(27)2/h3-7,9-12,14-17H,8,13,18-22H2,1-2H3. The van der Waals surface area contributed by atoms with Gasteiger partial charge in [-0.15, -0.1) is 10.2 Å². The van der Waals surface area contributed by atoms with E-state index in [4.69, 9.17) is 0 Å². The number of carbonyl (C=O) groups is 1. The maximum absolute atomic E-state index is 12.9. The molecule has 0 unspecified atom stereocenters. The lowest BCUT2D eigenvalue weighted by Gasteiger charge is -2.36. The van der Waals surface area contributed by atoms with Crippen molar-refractivity contribution in [3.05, 3.63) is 90.0 Å². The third-order valence-electron chi connectivity index (χ3n) is 6.81. The summed E-state index contributed by atoms with van der Waals surface area (Å²) in [7, 11) is 0. The van der Waals surface area contributed by atoms with Crippen LogP contribution in [0.4, 0.5) is 5.69 Å². The Labute approximate surface area is 223 Å². The zero-order chi connectivity index (χ0) is 25.6. The molecule has 4 aromatic rings. The number of piperazine rings is 1. The second kappa shape index (κ2) is 11.6. The van der Waals surface area contributed by atoms with Crippen molar-refractivity contribution in [2.24, 2.45) is 0 Å². The van der Waals surface area contributed by atoms with Crippen molar-refractivity contribution in [2.75, 3.05) is 36.8 Å². The summed E-state index contributed by atoms with van der Waals surface area (Å²) in [5.74, 6) is 1.89. The van der Waals surface area contributed by atoms with E-state index in [1.54, 1.807) is 11.8 Å². The van der Waals surface area contributed by atoms with E-state index in [2.05, 4.69) is 94.2 Å². The summed E-state index contributed by atoms with van der Waals surface area (Å²) >= 11 is 1.66. The molecule has 1 amide bonds. The molecule has 2 heterocycles. The lowest BCUT2D eigenvalue weighted by Crippen LogP contribution is -2.49. The normalized spacial score (nSPS) is 13.7. The van der Waals surface area contributed by atoms with Gasteiger partial charge >= 0.3 is 0 Å². The molecular formula is C30H33N5OS. The number of hydrogen-bond acceptors (Lipinski definition) is 5. The van der Waals surface area contributed by atoms with E-state index in [9.17, 15) is 4.79 Å². The molecule has 7 heteroatoms. The van der Waals surface area contributed by atoms with E-state index in [0.717, 1.165) is 60.6 Å². The molecule has 37 heavy (non-hydrogen) atoms. The van der Waals surface area contributed by atoms with Crippen LogP contribution < -0.4 is 4.90 Å². The second-order valence-corrected chi connectivity index (χ2v) is 10.5. The molecule has 3 aromatic carbocycles. The first-order valence-corrected chi connectivity index (χ1v) is 13.9. The van der Waals surface area contributed by atoms with Gasteiger partial charge in [0, 0.05) is 55.3 Å². The first-order chi connectivity index (χ1) is 18.1. The van der Waals surface area contributed by atoms with Crippen molar-refractivity contribution in [2.45, 2.75) is 31.8 Å². The number of para-hydroxylation sites is 2. The molecule has 1 aliphatic heterocycles. The molecule has 0 radical (unpaired) electrons. The van der Waals surface area contributed by atoms with Crippen LogP contribution >= 0.6 is 11.8 Å². The molecular weight excluding hydrogens is 478 g/mol. The van der Waals surface area contributed by atoms with Crippen molar-refractivity contribution < 1.29 is 4.79 Å². The fourth-order valence-electron chi connectivity index (χ4n) is 4.72. The van der Waals surface area contributed by atoms with Crippen LogP contribution in [0.25, 0.3) is 17.1 Å². The summed E-state index contributed by atoms with van der Waals surface area (Å²) in [6, 6.07) is 27.1. The summed E-state index contributed by atoms with van der Waals surface area (Å²) in [6.45, 7) is 7.55. The number of rotatable bonds is 8. The van der Waals surface area contributed by atoms with Crippen LogP contribution in [0.5, 0.6) is 0 Å². The molecule has 5 rings (SSSR count). The van der Waals surface area contributed by atoms with Crippen LogP contribution in [0.2, 0.25) is 0 Å². The number of anilines is 1. The fourth-order valence-corrected chi connectivity index (χ4v) is 5.61. The van der Waals surface area contributed by atoms with Gasteiger partial charge in [0.15, 0.2) is 11.0 Å². The van der Waals surface area contributed by atoms with Crippen LogP contribution in [-0.4, -0.2) is 57.5 Å². The Hall–Kier alpha value is -3.58. The van der Waals surface area contributed by atoms with Gasteiger partial charge in [0.05, 0.1) is 0 Å². The van der Waals surface area contributed by atoms with Gasteiger partial charge in [0.2, 0.25) is 5.91 Å². The minimum absolute atomic E-state index is 0.245. The van der Waals surface area contributed by atoms with Crippen LogP contribution in [0.3, 0.4) is 0 Å². The van der Waals surface area contributed by atoms with Gasteiger partial charge in [0.25, 0.3) is 0 Å². The SMILES string of the molecule is Cc1ccc(-c2nnc(SCCCC(=O)N3CCN(c4ccccc4C)CC3)n2-c2ccccc2)cc1. The minimum atomic E-state index is 0.245. The van der Waals surface area contributed by atoms with Crippen LogP contribution in [-0.2, 0) is 4.79 Å². The Morgan fingerprint density at radius 3 is 2.27 bits per heavy atom. The monoisotopic (exact) mass is 511 g/mol. The number of benzene rings is 3. The largest absolute Gasteiger partial charge is 0.368 e. The molecule has 1 aromatic heterocycles. The van der Waals surface area contributed by atoms with E-state index in [1.807, 2.05) is 23.1 Å². The Morgan fingerprint density at radius 1 is 0.838 bits per heavy atom. The lowest BCUT2D eigenvalue weighted by molar-refractivity contribution is -0.131. The van der Waals surface area contributed by atoms with Crippen LogP contribution in [0, 0.1) is 13.8 Å². The first kappa shape index (κ1) is 25.1. The summed E-state index contributed by atoms with van der Waals surface area (Å²) in [5.41, 5.74) is 5.85. The average Bonchev–Trinajstić information content (AvgIpc) is 3.36. The number of aromatic nitrogens is 3. The highest BCUT2D eigenvalue weighted by Gasteiger charge is 2.22. The zero-order valence-electron chi connectivity index (χ0n) is 21.5. The third-order valence-corrected chi connectivity index (χ3v) is 7.83. The molecule has 0 spiro atoms. The first-order valence-electron chi connectivity index (χ1n) is 12.9. The summed E-state index contributed by atoms with van der Waals surface area (Å²) in [5, 5.41) is 9.90. The Kier molecular flexibility index (Phi) is 7.90. The van der Waals surface area contributed by atoms with Crippen molar-refractivity contribution in [3.63, 3.8) is 0 Å². The molecule has 1 saturated heterocycles. The Bertz CT molecular complexity index is 1330. The van der Waals surface area contributed by atoms with Crippen molar-refractivity contribution in [3.8, 4) is 17.1 Å². The molecule has 1 aliphatic rings. The number of carbonyl (C=O) groups excluding carboxylic acids is 1. The number of nitrogens with zero attached hydrogens (tertiary/aromatic N) is 5. The summed E-state index contributed by atoms with van der Waals surface area (Å²) in [6.07, 6.45) is 1.37. The Balaban J connectivity index is 1.17. The van der Waals surface area contributed by atoms with Gasteiger partial charge < -0.3 is 9.80 Å². The van der Waals surface area contributed by atoms with Gasteiger partial charge in [-0.05, 0) is 44.0 Å². The number of thioether (sulfide) groups is 1. The number of amides is 1. The number of hydrogen-bond donors (Lipinski definition) is 0. The predicted octanol–water partition coefficient (Wildman–Crippen LogP) is 5.77. The molecule has 0 bridgehead atoms. The van der Waals surface area contributed by atoms with Gasteiger partial charge in [-0.3, -0.25) is 9.36 Å². The van der Waals surface area contributed by atoms with E-state index >= 15 is 0 Å². The summed E-state index contributed by atoms with van der Waals surface area (Å²) < 4.78 is 2.11. The highest BCUT2D eigenvalue weighted by Crippen LogP contribution is 2.29. The Morgan fingerprint density at radius 2 is 1.54 bits per heavy atom. The highest BCUT2D eigenvalue weighted by atomic mass is 32.2. The van der Waals surface area contributed by atoms with Crippen LogP contribution in [0.1, 0.15) is 24.0 Å². The van der Waals surface area contributed by atoms with Crippen molar-refractivity contribution >= 4 is 23.4 Å². The third kappa shape index (κ3) is 5.88. The molecule has 0 aliphatic carbocycles. The molecule has 0 atom stereocenters. The predicted molar refractivity (Wildman–Crippen MR) is 151 cm³/mol. The van der Waals surface area contributed by atoms with Gasteiger partial charge in [-0.2, -0.15) is 0 Å². The van der Waals surface area contributed by atoms with Crippen molar-refractivity contribution in [1.29, 1.82) is 0 Å². The van der Waals surface area contributed by atoms with Crippen LogP contribution in [0.15, 0.2) is 84.0 Å².